The Bertz CT molecular complexity index is 493. The van der Waals surface area contributed by atoms with E-state index in [2.05, 4.69) is 11.4 Å². The van der Waals surface area contributed by atoms with Gasteiger partial charge in [-0.2, -0.15) is 5.26 Å². The summed E-state index contributed by atoms with van der Waals surface area (Å²) in [6.07, 6.45) is 3.82. The zero-order valence-corrected chi connectivity index (χ0v) is 14.3. The van der Waals surface area contributed by atoms with E-state index in [1.54, 1.807) is 11.8 Å². The molecule has 3 aliphatic rings. The Hall–Kier alpha value is -1.32. The Morgan fingerprint density at radius 2 is 1.91 bits per heavy atom. The van der Waals surface area contributed by atoms with Crippen molar-refractivity contribution in [2.75, 3.05) is 26.2 Å². The van der Waals surface area contributed by atoms with Gasteiger partial charge < -0.3 is 15.1 Å². The number of nitrogens with zero attached hydrogens (tertiary/aromatic N) is 3. The molecule has 1 aliphatic carbocycles. The first-order chi connectivity index (χ1) is 10.6. The fourth-order valence-corrected chi connectivity index (χ4v) is 4.26. The monoisotopic (exact) mass is 340 g/mol. The third-order valence-corrected chi connectivity index (χ3v) is 5.46. The molecule has 2 unspecified atom stereocenters. The van der Waals surface area contributed by atoms with Crippen molar-refractivity contribution >= 4 is 24.2 Å². The van der Waals surface area contributed by atoms with Crippen LogP contribution in [0.3, 0.4) is 0 Å². The number of carbonyl (C=O) groups is 2. The SMILES string of the molecule is CC(=O)N1CC2CC(NCC(=O)N3CCC[C@H]3C#N)CC2C1.Cl. The lowest BCUT2D eigenvalue weighted by Crippen LogP contribution is -2.43. The molecule has 2 heterocycles. The van der Waals surface area contributed by atoms with Crippen LogP contribution >= 0.6 is 12.4 Å². The minimum absolute atomic E-state index is 0. The van der Waals surface area contributed by atoms with E-state index in [4.69, 9.17) is 5.26 Å². The van der Waals surface area contributed by atoms with Crippen LogP contribution in [0.1, 0.15) is 32.6 Å². The van der Waals surface area contributed by atoms with Crippen molar-refractivity contribution in [3.63, 3.8) is 0 Å². The zero-order valence-electron chi connectivity index (χ0n) is 13.5. The highest BCUT2D eigenvalue weighted by molar-refractivity contribution is 5.85. The molecule has 0 spiro atoms. The Morgan fingerprint density at radius 3 is 2.48 bits per heavy atom. The Kier molecular flexibility index (Phi) is 5.88. The minimum atomic E-state index is -0.235. The van der Waals surface area contributed by atoms with E-state index in [0.29, 0.717) is 31.0 Å². The highest BCUT2D eigenvalue weighted by Crippen LogP contribution is 2.38. The summed E-state index contributed by atoms with van der Waals surface area (Å²) in [6.45, 7) is 4.42. The molecule has 0 radical (unpaired) electrons. The van der Waals surface area contributed by atoms with E-state index in [9.17, 15) is 9.59 Å². The van der Waals surface area contributed by atoms with Crippen LogP contribution in [0, 0.1) is 23.2 Å². The number of nitrogens with one attached hydrogen (secondary N) is 1. The summed E-state index contributed by atoms with van der Waals surface area (Å²) in [6, 6.07) is 2.35. The van der Waals surface area contributed by atoms with Gasteiger partial charge in [0, 0.05) is 32.6 Å². The van der Waals surface area contributed by atoms with Gasteiger partial charge in [-0.05, 0) is 37.5 Å². The van der Waals surface area contributed by atoms with Crippen LogP contribution in [0.15, 0.2) is 0 Å². The number of rotatable bonds is 3. The van der Waals surface area contributed by atoms with Gasteiger partial charge in [0.05, 0.1) is 12.6 Å². The molecule has 0 bridgehead atoms. The summed E-state index contributed by atoms with van der Waals surface area (Å²) in [4.78, 5) is 27.3. The van der Waals surface area contributed by atoms with Crippen LogP contribution in [0.25, 0.3) is 0 Å². The summed E-state index contributed by atoms with van der Waals surface area (Å²) >= 11 is 0. The molecule has 2 amide bonds. The average Bonchev–Trinajstić information content (AvgIpc) is 3.17. The van der Waals surface area contributed by atoms with Gasteiger partial charge in [-0.3, -0.25) is 9.59 Å². The third kappa shape index (κ3) is 3.78. The van der Waals surface area contributed by atoms with E-state index in [1.165, 1.54) is 0 Å². The van der Waals surface area contributed by atoms with Gasteiger partial charge in [0.2, 0.25) is 11.8 Å². The minimum Gasteiger partial charge on any atom is -0.342 e. The van der Waals surface area contributed by atoms with Crippen LogP contribution in [0.2, 0.25) is 0 Å². The quantitative estimate of drug-likeness (QED) is 0.823. The van der Waals surface area contributed by atoms with Crippen molar-refractivity contribution in [1.29, 1.82) is 5.26 Å². The largest absolute Gasteiger partial charge is 0.342 e. The first kappa shape index (κ1) is 18.0. The molecular formula is C16H25ClN4O2. The molecule has 23 heavy (non-hydrogen) atoms. The van der Waals surface area contributed by atoms with Crippen molar-refractivity contribution in [2.45, 2.75) is 44.7 Å². The third-order valence-electron chi connectivity index (χ3n) is 5.46. The summed E-state index contributed by atoms with van der Waals surface area (Å²) in [7, 11) is 0. The molecule has 0 aromatic heterocycles. The summed E-state index contributed by atoms with van der Waals surface area (Å²) in [5.74, 6) is 1.38. The maximum absolute atomic E-state index is 12.2. The molecule has 2 aliphatic heterocycles. The lowest BCUT2D eigenvalue weighted by Gasteiger charge is -2.22. The van der Waals surface area contributed by atoms with Crippen LogP contribution in [0.4, 0.5) is 0 Å². The van der Waals surface area contributed by atoms with Crippen molar-refractivity contribution in [3.8, 4) is 6.07 Å². The number of amides is 2. The summed E-state index contributed by atoms with van der Waals surface area (Å²) < 4.78 is 0. The number of fused-ring (bicyclic) bond motifs is 1. The van der Waals surface area contributed by atoms with Gasteiger partial charge >= 0.3 is 0 Å². The average molecular weight is 341 g/mol. The highest BCUT2D eigenvalue weighted by Gasteiger charge is 2.41. The molecule has 6 nitrogen and oxygen atoms in total. The van der Waals surface area contributed by atoms with Gasteiger partial charge in [0.15, 0.2) is 0 Å². The smallest absolute Gasteiger partial charge is 0.237 e. The molecule has 0 aromatic rings. The second-order valence-electron chi connectivity index (χ2n) is 6.87. The van der Waals surface area contributed by atoms with E-state index in [1.807, 2.05) is 4.90 Å². The number of halogens is 1. The fraction of sp³-hybridized carbons (Fsp3) is 0.812. The topological polar surface area (TPSA) is 76.4 Å². The molecule has 1 saturated carbocycles. The lowest BCUT2D eigenvalue weighted by molar-refractivity contribution is -0.130. The maximum Gasteiger partial charge on any atom is 0.237 e. The first-order valence-corrected chi connectivity index (χ1v) is 8.26. The molecule has 3 rings (SSSR count). The van der Waals surface area contributed by atoms with Crippen LogP contribution in [-0.2, 0) is 9.59 Å². The fourth-order valence-electron chi connectivity index (χ4n) is 4.26. The number of hydrogen-bond donors (Lipinski definition) is 1. The molecular weight excluding hydrogens is 316 g/mol. The van der Waals surface area contributed by atoms with Gasteiger partial charge in [-0.15, -0.1) is 12.4 Å². The van der Waals surface area contributed by atoms with E-state index in [-0.39, 0.29) is 30.3 Å². The Labute approximate surface area is 143 Å². The Morgan fingerprint density at radius 1 is 1.26 bits per heavy atom. The van der Waals surface area contributed by atoms with Crippen molar-refractivity contribution in [3.05, 3.63) is 0 Å². The molecule has 1 N–H and O–H groups in total. The second kappa shape index (κ2) is 7.50. The summed E-state index contributed by atoms with van der Waals surface area (Å²) in [5, 5.41) is 12.4. The first-order valence-electron chi connectivity index (χ1n) is 8.26. The number of carbonyl (C=O) groups excluding carboxylic acids is 2. The highest BCUT2D eigenvalue weighted by atomic mass is 35.5. The number of nitriles is 1. The van der Waals surface area contributed by atoms with Crippen molar-refractivity contribution in [2.24, 2.45) is 11.8 Å². The van der Waals surface area contributed by atoms with Crippen LogP contribution in [0.5, 0.6) is 0 Å². The van der Waals surface area contributed by atoms with Gasteiger partial charge in [-0.25, -0.2) is 0 Å². The van der Waals surface area contributed by atoms with Gasteiger partial charge in [-0.1, -0.05) is 0 Å². The molecule has 3 atom stereocenters. The normalized spacial score (nSPS) is 32.3. The standard InChI is InChI=1S/C16H24N4O2.ClH/c1-11(21)19-9-12-5-14(6-13(12)10-19)18-8-16(22)20-4-2-3-15(20)7-17;/h12-15,18H,2-6,8-10H2,1H3;1H/t12?,13?,14?,15-;/m0./s1. The van der Waals surface area contributed by atoms with E-state index >= 15 is 0 Å². The van der Waals surface area contributed by atoms with E-state index < -0.39 is 0 Å². The molecule has 3 fully saturated rings. The summed E-state index contributed by atoms with van der Waals surface area (Å²) in [5.41, 5.74) is 0. The zero-order chi connectivity index (χ0) is 15.7. The predicted molar refractivity (Wildman–Crippen MR) is 87.9 cm³/mol. The predicted octanol–water partition coefficient (Wildman–Crippen LogP) is 0.769. The maximum atomic E-state index is 12.2. The van der Waals surface area contributed by atoms with Crippen LogP contribution in [-0.4, -0.2) is 59.9 Å². The van der Waals surface area contributed by atoms with Crippen molar-refractivity contribution < 1.29 is 9.59 Å². The molecule has 0 aromatic carbocycles. The molecule has 2 saturated heterocycles. The number of hydrogen-bond acceptors (Lipinski definition) is 4. The number of likely N-dealkylation sites (tertiary alicyclic amines) is 2. The van der Waals surface area contributed by atoms with Crippen molar-refractivity contribution in [1.82, 2.24) is 15.1 Å². The van der Waals surface area contributed by atoms with Crippen LogP contribution < -0.4 is 5.32 Å². The van der Waals surface area contributed by atoms with E-state index in [0.717, 1.165) is 38.8 Å². The molecule has 7 heteroatoms. The Balaban J connectivity index is 0.00000192. The van der Waals surface area contributed by atoms with Gasteiger partial charge in [0.25, 0.3) is 0 Å². The lowest BCUT2D eigenvalue weighted by atomic mass is 10.0. The van der Waals surface area contributed by atoms with Gasteiger partial charge in [0.1, 0.15) is 6.04 Å². The second-order valence-corrected chi connectivity index (χ2v) is 6.87. The molecule has 128 valence electrons.